The van der Waals surface area contributed by atoms with Crippen LogP contribution in [0.2, 0.25) is 0 Å². The number of halogens is 1. The number of anilines is 1. The molecule has 19 heavy (non-hydrogen) atoms. The monoisotopic (exact) mass is 279 g/mol. The molecule has 0 amide bonds. The Morgan fingerprint density at radius 3 is 3.00 bits per heavy atom. The molecule has 0 aliphatic heterocycles. The smallest absolute Gasteiger partial charge is 0.235 e. The highest BCUT2D eigenvalue weighted by Crippen LogP contribution is 2.30. The van der Waals surface area contributed by atoms with Crippen LogP contribution in [0.25, 0.3) is 15.5 Å². The minimum atomic E-state index is -0.371. The summed E-state index contributed by atoms with van der Waals surface area (Å²) in [4.78, 5) is 0.644. The van der Waals surface area contributed by atoms with Gasteiger partial charge in [0.25, 0.3) is 0 Å². The predicted octanol–water partition coefficient (Wildman–Crippen LogP) is 1.72. The van der Waals surface area contributed by atoms with Crippen LogP contribution in [-0.2, 0) is 11.3 Å². The lowest BCUT2D eigenvalue weighted by Crippen LogP contribution is -1.98. The molecule has 0 fully saturated rings. The van der Waals surface area contributed by atoms with E-state index in [2.05, 4.69) is 15.3 Å². The molecule has 0 saturated carbocycles. The van der Waals surface area contributed by atoms with E-state index in [1.807, 2.05) is 0 Å². The van der Waals surface area contributed by atoms with Gasteiger partial charge in [0.05, 0.1) is 0 Å². The summed E-state index contributed by atoms with van der Waals surface area (Å²) in [5.74, 6) is 0.241. The van der Waals surface area contributed by atoms with Crippen LogP contribution in [0.5, 0.6) is 0 Å². The maximum atomic E-state index is 13.0. The molecule has 0 radical (unpaired) electrons. The van der Waals surface area contributed by atoms with E-state index >= 15 is 0 Å². The molecule has 3 rings (SSSR count). The van der Waals surface area contributed by atoms with Crippen LogP contribution in [0.15, 0.2) is 18.2 Å². The number of benzene rings is 1. The Bertz CT molecular complexity index is 738. The number of nitrogens with zero attached hydrogens (tertiary/aromatic N) is 4. The predicted molar refractivity (Wildman–Crippen MR) is 69.2 cm³/mol. The van der Waals surface area contributed by atoms with Crippen LogP contribution in [0, 0.1) is 5.82 Å². The van der Waals surface area contributed by atoms with Crippen molar-refractivity contribution in [3.63, 3.8) is 0 Å². The van der Waals surface area contributed by atoms with E-state index in [4.69, 9.17) is 10.5 Å². The number of ether oxygens (including phenoxy) is 1. The molecule has 3 aromatic rings. The summed E-state index contributed by atoms with van der Waals surface area (Å²) in [7, 11) is 1.58. The van der Waals surface area contributed by atoms with Gasteiger partial charge in [-0.3, -0.25) is 0 Å². The summed E-state index contributed by atoms with van der Waals surface area (Å²) >= 11 is 1.34. The molecule has 2 N–H and O–H groups in total. The second-order valence-corrected chi connectivity index (χ2v) is 4.84. The van der Waals surface area contributed by atoms with E-state index in [-0.39, 0.29) is 5.82 Å². The maximum Gasteiger partial charge on any atom is 0.235 e. The van der Waals surface area contributed by atoms with Crippen LogP contribution in [-0.4, -0.2) is 26.9 Å². The molecule has 2 aromatic heterocycles. The number of aromatic nitrogens is 4. The van der Waals surface area contributed by atoms with E-state index in [1.54, 1.807) is 17.7 Å². The van der Waals surface area contributed by atoms with Gasteiger partial charge in [0.15, 0.2) is 5.82 Å². The highest BCUT2D eigenvalue weighted by molar-refractivity contribution is 7.19. The number of nitrogen functional groups attached to an aromatic ring is 1. The Hall–Kier alpha value is -2.06. The number of nitrogens with two attached hydrogens (primary N) is 1. The molecule has 8 heteroatoms. The molecule has 0 saturated heterocycles. The third kappa shape index (κ3) is 2.04. The van der Waals surface area contributed by atoms with Gasteiger partial charge in [-0.2, -0.15) is 9.61 Å². The Kier molecular flexibility index (Phi) is 2.88. The maximum absolute atomic E-state index is 13.0. The van der Waals surface area contributed by atoms with E-state index in [1.165, 1.54) is 23.5 Å². The van der Waals surface area contributed by atoms with Gasteiger partial charge in [0.2, 0.25) is 4.96 Å². The van der Waals surface area contributed by atoms with Crippen LogP contribution in [0.3, 0.4) is 0 Å². The fraction of sp³-hybridized carbons (Fsp3) is 0.182. The van der Waals surface area contributed by atoms with Crippen LogP contribution >= 0.6 is 11.3 Å². The lowest BCUT2D eigenvalue weighted by atomic mass is 10.2. The zero-order valence-electron chi connectivity index (χ0n) is 10.00. The van der Waals surface area contributed by atoms with Crippen molar-refractivity contribution in [3.8, 4) is 10.6 Å². The molecular formula is C11H10FN5OS. The summed E-state index contributed by atoms with van der Waals surface area (Å²) in [6.07, 6.45) is 0. The lowest BCUT2D eigenvalue weighted by molar-refractivity contribution is 0.176. The Labute approximate surface area is 111 Å². The van der Waals surface area contributed by atoms with Crippen molar-refractivity contribution in [2.75, 3.05) is 12.8 Å². The summed E-state index contributed by atoms with van der Waals surface area (Å²) in [5.41, 5.74) is 6.82. The molecule has 6 nitrogen and oxygen atoms in total. The third-order valence-electron chi connectivity index (χ3n) is 2.57. The fourth-order valence-corrected chi connectivity index (χ4v) is 2.62. The molecule has 0 bridgehead atoms. The highest BCUT2D eigenvalue weighted by Gasteiger charge is 2.14. The van der Waals surface area contributed by atoms with E-state index in [0.29, 0.717) is 33.7 Å². The Morgan fingerprint density at radius 1 is 1.42 bits per heavy atom. The normalized spacial score (nSPS) is 11.3. The molecule has 0 spiro atoms. The first-order valence-electron chi connectivity index (χ1n) is 5.44. The largest absolute Gasteiger partial charge is 0.398 e. The fourth-order valence-electron chi connectivity index (χ4n) is 1.71. The van der Waals surface area contributed by atoms with Crippen molar-refractivity contribution in [1.29, 1.82) is 0 Å². The van der Waals surface area contributed by atoms with E-state index < -0.39 is 0 Å². The van der Waals surface area contributed by atoms with Crippen molar-refractivity contribution in [1.82, 2.24) is 19.8 Å². The molecule has 98 valence electrons. The average Bonchev–Trinajstić information content (AvgIpc) is 2.91. The zero-order chi connectivity index (χ0) is 13.4. The molecule has 0 unspecified atom stereocenters. The number of hydrogen-bond acceptors (Lipinski definition) is 6. The summed E-state index contributed by atoms with van der Waals surface area (Å²) in [6, 6.07) is 4.23. The van der Waals surface area contributed by atoms with E-state index in [9.17, 15) is 4.39 Å². The molecule has 0 aliphatic carbocycles. The van der Waals surface area contributed by atoms with Gasteiger partial charge in [-0.05, 0) is 18.2 Å². The van der Waals surface area contributed by atoms with Crippen molar-refractivity contribution < 1.29 is 9.13 Å². The molecule has 0 atom stereocenters. The Morgan fingerprint density at radius 2 is 2.26 bits per heavy atom. The quantitative estimate of drug-likeness (QED) is 0.738. The van der Waals surface area contributed by atoms with Gasteiger partial charge in [0, 0.05) is 18.4 Å². The summed E-state index contributed by atoms with van der Waals surface area (Å²) in [5, 5.41) is 13.0. The number of fused-ring (bicyclic) bond motifs is 1. The van der Waals surface area contributed by atoms with Gasteiger partial charge >= 0.3 is 0 Å². The molecule has 2 heterocycles. The molecular weight excluding hydrogens is 269 g/mol. The number of methoxy groups -OCH3 is 1. The van der Waals surface area contributed by atoms with Crippen LogP contribution < -0.4 is 5.73 Å². The standard InChI is InChI=1S/C11H10FN5OS/c1-18-5-9-14-15-11-17(9)16-10(19-11)7-3-2-6(12)4-8(7)13/h2-4H,5,13H2,1H3. The first-order valence-corrected chi connectivity index (χ1v) is 6.26. The van der Waals surface area contributed by atoms with Crippen LogP contribution in [0.1, 0.15) is 5.82 Å². The van der Waals surface area contributed by atoms with Crippen molar-refractivity contribution >= 4 is 22.0 Å². The van der Waals surface area contributed by atoms with Crippen molar-refractivity contribution in [2.24, 2.45) is 0 Å². The van der Waals surface area contributed by atoms with Crippen molar-refractivity contribution in [3.05, 3.63) is 29.8 Å². The first-order chi connectivity index (χ1) is 9.19. The van der Waals surface area contributed by atoms with E-state index in [0.717, 1.165) is 0 Å². The lowest BCUT2D eigenvalue weighted by Gasteiger charge is -2.00. The summed E-state index contributed by atoms with van der Waals surface area (Å²) < 4.78 is 19.7. The minimum Gasteiger partial charge on any atom is -0.398 e. The van der Waals surface area contributed by atoms with Gasteiger partial charge in [-0.1, -0.05) is 11.3 Å². The van der Waals surface area contributed by atoms with Gasteiger partial charge in [0.1, 0.15) is 17.4 Å². The minimum absolute atomic E-state index is 0.323. The number of hydrogen-bond donors (Lipinski definition) is 1. The first kappa shape index (κ1) is 12.0. The highest BCUT2D eigenvalue weighted by atomic mass is 32.1. The van der Waals surface area contributed by atoms with Gasteiger partial charge in [-0.15, -0.1) is 10.2 Å². The third-order valence-corrected chi connectivity index (χ3v) is 3.50. The zero-order valence-corrected chi connectivity index (χ0v) is 10.8. The second kappa shape index (κ2) is 4.56. The van der Waals surface area contributed by atoms with Gasteiger partial charge in [-0.25, -0.2) is 4.39 Å². The second-order valence-electron chi connectivity index (χ2n) is 3.88. The molecule has 1 aromatic carbocycles. The topological polar surface area (TPSA) is 78.3 Å². The van der Waals surface area contributed by atoms with Crippen LogP contribution in [0.4, 0.5) is 10.1 Å². The SMILES string of the molecule is COCc1nnc2sc(-c3ccc(F)cc3N)nn12. The average molecular weight is 279 g/mol. The Balaban J connectivity index is 2.10. The van der Waals surface area contributed by atoms with Gasteiger partial charge < -0.3 is 10.5 Å². The summed E-state index contributed by atoms with van der Waals surface area (Å²) in [6.45, 7) is 0.323. The van der Waals surface area contributed by atoms with Crippen molar-refractivity contribution in [2.45, 2.75) is 6.61 Å². The molecule has 0 aliphatic rings. The number of rotatable bonds is 3.